The number of anilines is 1. The molecule has 0 aromatic heterocycles. The van der Waals surface area contributed by atoms with Gasteiger partial charge in [0.25, 0.3) is 5.91 Å². The molecule has 1 N–H and O–H groups in total. The Balaban J connectivity index is 1.70. The Morgan fingerprint density at radius 3 is 2.21 bits per heavy atom. The number of nitrogens with zero attached hydrogens (tertiary/aromatic N) is 1. The van der Waals surface area contributed by atoms with Gasteiger partial charge in [-0.1, -0.05) is 48.0 Å². The van der Waals surface area contributed by atoms with Gasteiger partial charge in [0.1, 0.15) is 0 Å². The largest absolute Gasteiger partial charge is 0.493 e. The number of carbonyl (C=O) groups excluding carboxylic acids is 2. The molecule has 1 aliphatic heterocycles. The topological polar surface area (TPSA) is 85.3 Å². The van der Waals surface area contributed by atoms with E-state index in [1.54, 1.807) is 36.4 Å². The number of ketones is 1. The van der Waals surface area contributed by atoms with E-state index in [2.05, 4.69) is 0 Å². The first kappa shape index (κ1) is 23.6. The highest BCUT2D eigenvalue weighted by atomic mass is 35.5. The van der Waals surface area contributed by atoms with Crippen LogP contribution in [-0.4, -0.2) is 38.1 Å². The molecule has 4 rings (SSSR count). The number of para-hydroxylation sites is 1. The van der Waals surface area contributed by atoms with Gasteiger partial charge in [0.2, 0.25) is 5.75 Å². The van der Waals surface area contributed by atoms with E-state index in [-0.39, 0.29) is 12.1 Å². The maximum atomic E-state index is 13.5. The van der Waals surface area contributed by atoms with Crippen LogP contribution in [0.25, 0.3) is 0 Å². The number of carbonyl (C=O) groups is 2. The third kappa shape index (κ3) is 3.97. The number of fused-ring (bicyclic) bond motifs is 1. The monoisotopic (exact) mass is 481 g/mol. The summed E-state index contributed by atoms with van der Waals surface area (Å²) >= 11 is 6.31. The van der Waals surface area contributed by atoms with Gasteiger partial charge in [-0.15, -0.1) is 0 Å². The van der Waals surface area contributed by atoms with Gasteiger partial charge in [-0.25, -0.2) is 0 Å². The maximum absolute atomic E-state index is 13.5. The van der Waals surface area contributed by atoms with Crippen molar-refractivity contribution in [3.8, 4) is 17.2 Å². The van der Waals surface area contributed by atoms with Gasteiger partial charge in [-0.2, -0.15) is 0 Å². The van der Waals surface area contributed by atoms with Gasteiger partial charge >= 0.3 is 0 Å². The van der Waals surface area contributed by atoms with E-state index in [1.807, 2.05) is 12.1 Å². The first-order valence-corrected chi connectivity index (χ1v) is 10.9. The second kappa shape index (κ2) is 9.37. The van der Waals surface area contributed by atoms with Crippen LogP contribution in [0.1, 0.15) is 27.9 Å². The SMILES string of the molecule is COc1cc(C(=O)C[C@@]2(O)C(=O)N(Cc3ccccc3Cl)c3ccccc32)cc(OC)c1OC. The van der Waals surface area contributed by atoms with E-state index >= 15 is 0 Å². The van der Waals surface area contributed by atoms with Crippen LogP contribution in [0.15, 0.2) is 60.7 Å². The Labute approximate surface area is 202 Å². The molecule has 8 heteroatoms. The van der Waals surface area contributed by atoms with E-state index in [9.17, 15) is 14.7 Å². The summed E-state index contributed by atoms with van der Waals surface area (Å²) in [4.78, 5) is 28.3. The number of aliphatic hydroxyl groups is 1. The zero-order valence-corrected chi connectivity index (χ0v) is 19.8. The van der Waals surface area contributed by atoms with Crippen molar-refractivity contribution in [2.75, 3.05) is 26.2 Å². The molecule has 1 amide bonds. The van der Waals surface area contributed by atoms with Crippen LogP contribution in [0.4, 0.5) is 5.69 Å². The molecule has 1 atom stereocenters. The van der Waals surface area contributed by atoms with Crippen molar-refractivity contribution in [2.24, 2.45) is 0 Å². The highest BCUT2D eigenvalue weighted by Crippen LogP contribution is 2.45. The number of Topliss-reactive ketones (excluding diaryl/α,β-unsaturated/α-hetero) is 1. The molecule has 0 spiro atoms. The van der Waals surface area contributed by atoms with Gasteiger partial charge in [-0.05, 0) is 29.8 Å². The van der Waals surface area contributed by atoms with Crippen LogP contribution in [-0.2, 0) is 16.9 Å². The van der Waals surface area contributed by atoms with E-state index < -0.39 is 23.7 Å². The summed E-state index contributed by atoms with van der Waals surface area (Å²) in [6, 6.07) is 17.1. The average Bonchev–Trinajstić information content (AvgIpc) is 3.06. The number of hydrogen-bond donors (Lipinski definition) is 1. The lowest BCUT2D eigenvalue weighted by Crippen LogP contribution is -2.41. The number of hydrogen-bond acceptors (Lipinski definition) is 6. The third-order valence-electron chi connectivity index (χ3n) is 5.93. The molecule has 3 aromatic carbocycles. The summed E-state index contributed by atoms with van der Waals surface area (Å²) in [6.07, 6.45) is -0.458. The fourth-order valence-electron chi connectivity index (χ4n) is 4.21. The van der Waals surface area contributed by atoms with Crippen LogP contribution in [0, 0.1) is 0 Å². The summed E-state index contributed by atoms with van der Waals surface area (Å²) < 4.78 is 16.0. The number of halogens is 1. The zero-order valence-electron chi connectivity index (χ0n) is 19.0. The third-order valence-corrected chi connectivity index (χ3v) is 6.30. The number of methoxy groups -OCH3 is 3. The van der Waals surface area contributed by atoms with Crippen LogP contribution < -0.4 is 19.1 Å². The minimum Gasteiger partial charge on any atom is -0.493 e. The normalized spacial score (nSPS) is 16.9. The molecule has 0 saturated carbocycles. The van der Waals surface area contributed by atoms with Crippen molar-refractivity contribution in [1.82, 2.24) is 0 Å². The molecule has 7 nitrogen and oxygen atoms in total. The highest BCUT2D eigenvalue weighted by Gasteiger charge is 2.51. The van der Waals surface area contributed by atoms with Crippen LogP contribution in [0.3, 0.4) is 0 Å². The number of rotatable bonds is 8. The summed E-state index contributed by atoms with van der Waals surface area (Å²) in [5, 5.41) is 12.1. The summed E-state index contributed by atoms with van der Waals surface area (Å²) in [5.41, 5.74) is -0.180. The number of amides is 1. The minimum absolute atomic E-state index is 0.163. The molecule has 0 unspecified atom stereocenters. The molecule has 3 aromatic rings. The van der Waals surface area contributed by atoms with Crippen LogP contribution in [0.2, 0.25) is 5.02 Å². The molecule has 0 bridgehead atoms. The first-order valence-electron chi connectivity index (χ1n) is 10.5. The highest BCUT2D eigenvalue weighted by molar-refractivity contribution is 6.31. The van der Waals surface area contributed by atoms with Crippen molar-refractivity contribution in [3.63, 3.8) is 0 Å². The summed E-state index contributed by atoms with van der Waals surface area (Å²) in [5.74, 6) is -0.0984. The smallest absolute Gasteiger partial charge is 0.264 e. The predicted molar refractivity (Wildman–Crippen MR) is 128 cm³/mol. The second-order valence-electron chi connectivity index (χ2n) is 7.87. The van der Waals surface area contributed by atoms with Gasteiger partial charge in [0.15, 0.2) is 22.9 Å². The van der Waals surface area contributed by atoms with Crippen molar-refractivity contribution in [1.29, 1.82) is 0 Å². The van der Waals surface area contributed by atoms with E-state index in [1.165, 1.54) is 38.4 Å². The van der Waals surface area contributed by atoms with E-state index in [0.717, 1.165) is 5.56 Å². The Morgan fingerprint density at radius 2 is 1.59 bits per heavy atom. The van der Waals surface area contributed by atoms with E-state index in [4.69, 9.17) is 25.8 Å². The lowest BCUT2D eigenvalue weighted by atomic mass is 9.88. The van der Waals surface area contributed by atoms with Crippen LogP contribution >= 0.6 is 11.6 Å². The molecule has 1 heterocycles. The standard InChI is InChI=1S/C26H24ClNO6/c1-32-22-12-17(13-23(33-2)24(22)34-3)21(29)14-26(31)18-9-5-7-11-20(18)28(25(26)30)15-16-8-4-6-10-19(16)27/h4-13,31H,14-15H2,1-3H3/t26-/m0/s1. The fourth-order valence-corrected chi connectivity index (χ4v) is 4.40. The molecule has 176 valence electrons. The fraction of sp³-hybridized carbons (Fsp3) is 0.231. The molecule has 1 aliphatic rings. The van der Waals surface area contributed by atoms with Crippen molar-refractivity contribution in [2.45, 2.75) is 18.6 Å². The van der Waals surface area contributed by atoms with Crippen molar-refractivity contribution in [3.05, 3.63) is 82.4 Å². The van der Waals surface area contributed by atoms with Crippen LogP contribution in [0.5, 0.6) is 17.2 Å². The van der Waals surface area contributed by atoms with Crippen molar-refractivity contribution >= 4 is 29.0 Å². The Hall–Kier alpha value is -3.55. The first-order chi connectivity index (χ1) is 16.3. The molecule has 0 aliphatic carbocycles. The molecule has 0 fully saturated rings. The lowest BCUT2D eigenvalue weighted by Gasteiger charge is -2.23. The lowest BCUT2D eigenvalue weighted by molar-refractivity contribution is -0.136. The summed E-state index contributed by atoms with van der Waals surface area (Å²) in [7, 11) is 4.36. The molecule has 0 radical (unpaired) electrons. The average molecular weight is 482 g/mol. The molecule has 34 heavy (non-hydrogen) atoms. The molecule has 0 saturated heterocycles. The van der Waals surface area contributed by atoms with Crippen molar-refractivity contribution < 1.29 is 28.9 Å². The Bertz CT molecular complexity index is 1230. The van der Waals surface area contributed by atoms with Gasteiger partial charge in [-0.3, -0.25) is 9.59 Å². The second-order valence-corrected chi connectivity index (χ2v) is 8.28. The maximum Gasteiger partial charge on any atom is 0.264 e. The summed E-state index contributed by atoms with van der Waals surface area (Å²) in [6.45, 7) is 0.163. The molecular formula is C26H24ClNO6. The number of ether oxygens (including phenoxy) is 3. The Morgan fingerprint density at radius 1 is 0.971 bits per heavy atom. The van der Waals surface area contributed by atoms with E-state index in [0.29, 0.717) is 33.5 Å². The Kier molecular flexibility index (Phi) is 6.50. The number of benzene rings is 3. The minimum atomic E-state index is -2.03. The van der Waals surface area contributed by atoms with Gasteiger partial charge in [0, 0.05) is 16.1 Å². The van der Waals surface area contributed by atoms with Gasteiger partial charge in [0.05, 0.1) is 40.0 Å². The zero-order chi connectivity index (χ0) is 24.5. The quantitative estimate of drug-likeness (QED) is 0.481. The van der Waals surface area contributed by atoms with Gasteiger partial charge < -0.3 is 24.2 Å². The predicted octanol–water partition coefficient (Wildman–Crippen LogP) is 4.37. The molecular weight excluding hydrogens is 458 g/mol.